The van der Waals surface area contributed by atoms with Gasteiger partial charge in [0.25, 0.3) is 5.69 Å². The van der Waals surface area contributed by atoms with Crippen molar-refractivity contribution in [1.82, 2.24) is 0 Å². The van der Waals surface area contributed by atoms with E-state index >= 15 is 0 Å². The Hall–Kier alpha value is -1.89. The van der Waals surface area contributed by atoms with Gasteiger partial charge in [-0.25, -0.2) is 0 Å². The van der Waals surface area contributed by atoms with Gasteiger partial charge in [-0.05, 0) is 12.1 Å². The molecule has 0 amide bonds. The summed E-state index contributed by atoms with van der Waals surface area (Å²) < 4.78 is 0. The summed E-state index contributed by atoms with van der Waals surface area (Å²) in [7, 11) is 0. The lowest BCUT2D eigenvalue weighted by atomic mass is 10.2. The average Bonchev–Trinajstić information content (AvgIpc) is 2.04. The van der Waals surface area contributed by atoms with Gasteiger partial charge in [0.1, 0.15) is 11.6 Å². The molecule has 0 spiro atoms. The first kappa shape index (κ1) is 7.22. The zero-order valence-corrected chi connectivity index (χ0v) is 5.44. The van der Waals surface area contributed by atoms with Crippen LogP contribution in [-0.2, 0) is 0 Å². The Morgan fingerprint density at radius 1 is 1.73 bits per heavy atom. The van der Waals surface area contributed by atoms with E-state index in [1.807, 2.05) is 0 Å². The first-order valence-corrected chi connectivity index (χ1v) is 2.80. The lowest BCUT2D eigenvalue weighted by Crippen LogP contribution is -1.90. The van der Waals surface area contributed by atoms with E-state index in [4.69, 9.17) is 5.26 Å². The highest BCUT2D eigenvalue weighted by atomic mass is 16.6. The SMILES string of the molecule is N#Cc1cc[c]cc1[N+](=O)[O-]. The highest BCUT2D eigenvalue weighted by Gasteiger charge is 2.10. The maximum atomic E-state index is 10.2. The molecule has 0 N–H and O–H groups in total. The summed E-state index contributed by atoms with van der Waals surface area (Å²) in [6.07, 6.45) is 0. The van der Waals surface area contributed by atoms with Gasteiger partial charge in [0.15, 0.2) is 0 Å². The molecule has 0 aliphatic rings. The third kappa shape index (κ3) is 1.33. The molecule has 4 heteroatoms. The molecule has 1 aromatic rings. The van der Waals surface area contributed by atoms with Crippen molar-refractivity contribution in [1.29, 1.82) is 5.26 Å². The monoisotopic (exact) mass is 147 g/mol. The average molecular weight is 147 g/mol. The topological polar surface area (TPSA) is 66.9 Å². The van der Waals surface area contributed by atoms with Gasteiger partial charge in [-0.15, -0.1) is 0 Å². The summed E-state index contributed by atoms with van der Waals surface area (Å²) in [6.45, 7) is 0. The number of rotatable bonds is 1. The zero-order valence-electron chi connectivity index (χ0n) is 5.44. The van der Waals surface area contributed by atoms with Gasteiger partial charge in [0, 0.05) is 6.07 Å². The molecule has 1 radical (unpaired) electrons. The number of hydrogen-bond acceptors (Lipinski definition) is 3. The zero-order chi connectivity index (χ0) is 8.27. The highest BCUT2D eigenvalue weighted by molar-refractivity contribution is 5.47. The Kier molecular flexibility index (Phi) is 1.83. The van der Waals surface area contributed by atoms with Crippen LogP contribution in [0.25, 0.3) is 0 Å². The van der Waals surface area contributed by atoms with Crippen molar-refractivity contribution in [2.24, 2.45) is 0 Å². The second-order valence-electron chi connectivity index (χ2n) is 1.81. The Labute approximate surface area is 62.8 Å². The van der Waals surface area contributed by atoms with Crippen LogP contribution in [0.5, 0.6) is 0 Å². The van der Waals surface area contributed by atoms with E-state index in [1.54, 1.807) is 6.07 Å². The van der Waals surface area contributed by atoms with Gasteiger partial charge in [0.2, 0.25) is 0 Å². The molecule has 53 valence electrons. The van der Waals surface area contributed by atoms with Gasteiger partial charge in [0.05, 0.1) is 4.92 Å². The van der Waals surface area contributed by atoms with Crippen LogP contribution in [0.2, 0.25) is 0 Å². The molecule has 0 fully saturated rings. The molecule has 0 unspecified atom stereocenters. The van der Waals surface area contributed by atoms with Crippen LogP contribution in [0, 0.1) is 27.5 Å². The van der Waals surface area contributed by atoms with E-state index in [9.17, 15) is 10.1 Å². The third-order valence-corrected chi connectivity index (χ3v) is 1.16. The van der Waals surface area contributed by atoms with Crippen molar-refractivity contribution in [2.75, 3.05) is 0 Å². The van der Waals surface area contributed by atoms with Crippen LogP contribution >= 0.6 is 0 Å². The van der Waals surface area contributed by atoms with Gasteiger partial charge in [-0.1, -0.05) is 6.07 Å². The Bertz CT molecular complexity index is 327. The summed E-state index contributed by atoms with van der Waals surface area (Å²) in [5, 5.41) is 18.6. The second-order valence-corrected chi connectivity index (χ2v) is 1.81. The second kappa shape index (κ2) is 2.80. The van der Waals surface area contributed by atoms with Crippen LogP contribution < -0.4 is 0 Å². The van der Waals surface area contributed by atoms with Crippen LogP contribution in [0.15, 0.2) is 18.2 Å². The van der Waals surface area contributed by atoms with Gasteiger partial charge < -0.3 is 0 Å². The Morgan fingerprint density at radius 3 is 2.91 bits per heavy atom. The minimum absolute atomic E-state index is 0.0637. The number of nitriles is 1. The smallest absolute Gasteiger partial charge is 0.258 e. The van der Waals surface area contributed by atoms with Gasteiger partial charge in [-0.2, -0.15) is 5.26 Å². The van der Waals surface area contributed by atoms with Gasteiger partial charge >= 0.3 is 0 Å². The minimum atomic E-state index is -0.602. The van der Waals surface area contributed by atoms with E-state index in [1.165, 1.54) is 18.2 Å². The summed E-state index contributed by atoms with van der Waals surface area (Å²) in [6, 6.07) is 8.24. The summed E-state index contributed by atoms with van der Waals surface area (Å²) in [5.74, 6) is 0. The molecule has 1 rings (SSSR count). The number of benzene rings is 1. The summed E-state index contributed by atoms with van der Waals surface area (Å²) in [5.41, 5.74) is -0.135. The molecule has 0 saturated heterocycles. The number of hydrogen-bond donors (Lipinski definition) is 0. The van der Waals surface area contributed by atoms with Crippen molar-refractivity contribution >= 4 is 5.69 Å². The number of nitro benzene ring substituents is 1. The fraction of sp³-hybridized carbons (Fsp3) is 0. The van der Waals surface area contributed by atoms with Crippen LogP contribution in [0.3, 0.4) is 0 Å². The molecule has 0 atom stereocenters. The molecule has 0 aromatic heterocycles. The first-order valence-electron chi connectivity index (χ1n) is 2.80. The van der Waals surface area contributed by atoms with E-state index in [-0.39, 0.29) is 11.3 Å². The lowest BCUT2D eigenvalue weighted by Gasteiger charge is -1.90. The molecule has 11 heavy (non-hydrogen) atoms. The van der Waals surface area contributed by atoms with E-state index in [0.717, 1.165) is 0 Å². The predicted octanol–water partition coefficient (Wildman–Crippen LogP) is 1.27. The van der Waals surface area contributed by atoms with Crippen molar-refractivity contribution in [3.63, 3.8) is 0 Å². The molecule has 4 nitrogen and oxygen atoms in total. The van der Waals surface area contributed by atoms with Crippen LogP contribution in [-0.4, -0.2) is 4.92 Å². The van der Waals surface area contributed by atoms with E-state index < -0.39 is 4.92 Å². The first-order chi connectivity index (χ1) is 5.25. The fourth-order valence-electron chi connectivity index (χ4n) is 0.667. The standard InChI is InChI=1S/C7H3N2O2/c8-5-6-3-1-2-4-7(6)9(10)11/h1,3-4H. The van der Waals surface area contributed by atoms with E-state index in [2.05, 4.69) is 6.07 Å². The molecule has 0 aliphatic heterocycles. The lowest BCUT2D eigenvalue weighted by molar-refractivity contribution is -0.385. The van der Waals surface area contributed by atoms with Gasteiger partial charge in [-0.3, -0.25) is 10.1 Å². The molecule has 0 bridgehead atoms. The molecular formula is C7H3N2O2. The van der Waals surface area contributed by atoms with Crippen LogP contribution in [0.1, 0.15) is 5.56 Å². The van der Waals surface area contributed by atoms with Crippen molar-refractivity contribution in [2.45, 2.75) is 0 Å². The highest BCUT2D eigenvalue weighted by Crippen LogP contribution is 2.14. The summed E-state index contributed by atoms with van der Waals surface area (Å²) in [4.78, 5) is 9.61. The molecular weight excluding hydrogens is 144 g/mol. The quantitative estimate of drug-likeness (QED) is 0.443. The number of nitrogens with zero attached hydrogens (tertiary/aromatic N) is 2. The normalized spacial score (nSPS) is 8.64. The maximum Gasteiger partial charge on any atom is 0.287 e. The summed E-state index contributed by atoms with van der Waals surface area (Å²) >= 11 is 0. The molecule has 1 aromatic carbocycles. The van der Waals surface area contributed by atoms with Crippen molar-refractivity contribution in [3.8, 4) is 6.07 Å². The molecule has 0 heterocycles. The largest absolute Gasteiger partial charge is 0.287 e. The van der Waals surface area contributed by atoms with Crippen molar-refractivity contribution in [3.05, 3.63) is 39.9 Å². The Morgan fingerprint density at radius 2 is 2.45 bits per heavy atom. The van der Waals surface area contributed by atoms with E-state index in [0.29, 0.717) is 0 Å². The minimum Gasteiger partial charge on any atom is -0.258 e. The van der Waals surface area contributed by atoms with Crippen LogP contribution in [0.4, 0.5) is 5.69 Å². The van der Waals surface area contributed by atoms with Crippen molar-refractivity contribution < 1.29 is 4.92 Å². The molecule has 0 saturated carbocycles. The fourth-order valence-corrected chi connectivity index (χ4v) is 0.667. The number of nitro groups is 1. The third-order valence-electron chi connectivity index (χ3n) is 1.16. The Balaban J connectivity index is 3.26. The predicted molar refractivity (Wildman–Crippen MR) is 36.6 cm³/mol. The molecule has 0 aliphatic carbocycles. The maximum absolute atomic E-state index is 10.2.